The average Bonchev–Trinajstić information content (AvgIpc) is 2.65. The normalized spacial score (nSPS) is 26.3. The molecular weight excluding hydrogens is 278 g/mol. The van der Waals surface area contributed by atoms with E-state index in [-0.39, 0.29) is 6.04 Å². The highest BCUT2D eigenvalue weighted by molar-refractivity contribution is 7.92. The molecule has 0 spiro atoms. The molecule has 6 heteroatoms. The molecule has 5 nitrogen and oxygen atoms in total. The predicted octanol–water partition coefficient (Wildman–Crippen LogP) is 1.67. The first-order valence-corrected chi connectivity index (χ1v) is 8.55. The Kier molecular flexibility index (Phi) is 3.38. The molecule has 2 atom stereocenters. The Balaban J connectivity index is 2.16. The van der Waals surface area contributed by atoms with E-state index in [1.54, 1.807) is 6.07 Å². The van der Waals surface area contributed by atoms with E-state index in [1.165, 1.54) is 0 Å². The van der Waals surface area contributed by atoms with Crippen LogP contribution in [-0.4, -0.2) is 33.4 Å². The lowest BCUT2D eigenvalue weighted by molar-refractivity contribution is 0.170. The molecular formula is C14H19NO4S. The largest absolute Gasteiger partial charge is 0.486 e. The molecule has 0 radical (unpaired) electrons. The molecule has 0 saturated carbocycles. The summed E-state index contributed by atoms with van der Waals surface area (Å²) in [6, 6.07) is 3.28. The molecule has 1 aromatic carbocycles. The van der Waals surface area contributed by atoms with Crippen molar-refractivity contribution in [2.24, 2.45) is 0 Å². The van der Waals surface area contributed by atoms with Crippen LogP contribution in [0, 0.1) is 0 Å². The van der Waals surface area contributed by atoms with E-state index in [0.717, 1.165) is 12.1 Å². The Hall–Kier alpha value is -1.27. The van der Waals surface area contributed by atoms with Crippen LogP contribution in [-0.2, 0) is 9.84 Å². The zero-order chi connectivity index (χ0) is 14.3. The lowest BCUT2D eigenvalue weighted by Crippen LogP contribution is -2.31. The van der Waals surface area contributed by atoms with E-state index < -0.39 is 15.1 Å². The number of rotatable bonds is 3. The van der Waals surface area contributed by atoms with Gasteiger partial charge >= 0.3 is 0 Å². The van der Waals surface area contributed by atoms with Crippen molar-refractivity contribution < 1.29 is 17.9 Å². The van der Waals surface area contributed by atoms with Crippen LogP contribution in [0.15, 0.2) is 17.0 Å². The highest BCUT2D eigenvalue weighted by atomic mass is 32.2. The topological polar surface area (TPSA) is 64.6 Å². The predicted molar refractivity (Wildman–Crippen MR) is 75.1 cm³/mol. The Morgan fingerprint density at radius 3 is 2.45 bits per heavy atom. The number of benzene rings is 1. The van der Waals surface area contributed by atoms with Gasteiger partial charge in [0, 0.05) is 6.07 Å². The van der Waals surface area contributed by atoms with Crippen molar-refractivity contribution in [3.8, 4) is 11.5 Å². The summed E-state index contributed by atoms with van der Waals surface area (Å²) in [5.41, 5.74) is 0.808. The van der Waals surface area contributed by atoms with Gasteiger partial charge in [-0.05, 0) is 24.6 Å². The summed E-state index contributed by atoms with van der Waals surface area (Å²) >= 11 is 0. The maximum Gasteiger partial charge on any atom is 0.183 e. The summed E-state index contributed by atoms with van der Waals surface area (Å²) in [6.07, 6.45) is 0.584. The first-order valence-electron chi connectivity index (χ1n) is 7.00. The molecule has 0 aliphatic carbocycles. The van der Waals surface area contributed by atoms with Crippen LogP contribution in [0.1, 0.15) is 31.9 Å². The highest BCUT2D eigenvalue weighted by Crippen LogP contribution is 2.46. The van der Waals surface area contributed by atoms with Gasteiger partial charge in [-0.1, -0.05) is 13.8 Å². The summed E-state index contributed by atoms with van der Waals surface area (Å²) in [6.45, 7) is 5.58. The minimum absolute atomic E-state index is 0.166. The second-order valence-electron chi connectivity index (χ2n) is 5.06. The molecule has 1 N–H and O–H groups in total. The molecule has 2 unspecified atom stereocenters. The molecule has 110 valence electrons. The smallest absolute Gasteiger partial charge is 0.183 e. The van der Waals surface area contributed by atoms with Crippen LogP contribution >= 0.6 is 0 Å². The van der Waals surface area contributed by atoms with Gasteiger partial charge in [0.15, 0.2) is 21.3 Å². The van der Waals surface area contributed by atoms with Crippen molar-refractivity contribution in [2.45, 2.75) is 36.5 Å². The Morgan fingerprint density at radius 1 is 1.20 bits per heavy atom. The van der Waals surface area contributed by atoms with Crippen LogP contribution < -0.4 is 14.8 Å². The SMILES string of the molecule is CCNC1c2cc3c(cc2S(=O)(=O)C1CC)OCCO3. The van der Waals surface area contributed by atoms with E-state index >= 15 is 0 Å². The molecule has 20 heavy (non-hydrogen) atoms. The fraction of sp³-hybridized carbons (Fsp3) is 0.571. The van der Waals surface area contributed by atoms with Crippen LogP contribution in [0.5, 0.6) is 11.5 Å². The lowest BCUT2D eigenvalue weighted by atomic mass is 10.0. The standard InChI is InChI=1S/C14H19NO4S/c1-3-12-14(15-4-2)9-7-10-11(19-6-5-18-10)8-13(9)20(12,16)17/h7-8,12,14-15H,3-6H2,1-2H3. The second-order valence-corrected chi connectivity index (χ2v) is 7.20. The summed E-state index contributed by atoms with van der Waals surface area (Å²) in [5.74, 6) is 1.18. The van der Waals surface area contributed by atoms with Crippen molar-refractivity contribution in [1.29, 1.82) is 0 Å². The van der Waals surface area contributed by atoms with Crippen molar-refractivity contribution in [1.82, 2.24) is 5.32 Å². The maximum absolute atomic E-state index is 12.6. The third-order valence-electron chi connectivity index (χ3n) is 3.91. The fourth-order valence-corrected chi connectivity index (χ4v) is 5.19. The van der Waals surface area contributed by atoms with Crippen molar-refractivity contribution in [2.75, 3.05) is 19.8 Å². The first kappa shape index (κ1) is 13.7. The van der Waals surface area contributed by atoms with Gasteiger partial charge in [-0.25, -0.2) is 8.42 Å². The Labute approximate surface area is 119 Å². The van der Waals surface area contributed by atoms with Crippen molar-refractivity contribution in [3.63, 3.8) is 0 Å². The third kappa shape index (κ3) is 1.90. The number of fused-ring (bicyclic) bond motifs is 2. The monoisotopic (exact) mass is 297 g/mol. The van der Waals surface area contributed by atoms with Gasteiger partial charge in [0.05, 0.1) is 16.2 Å². The third-order valence-corrected chi connectivity index (χ3v) is 6.28. The van der Waals surface area contributed by atoms with Gasteiger partial charge in [-0.15, -0.1) is 0 Å². The molecule has 2 aliphatic rings. The van der Waals surface area contributed by atoms with E-state index in [0.29, 0.717) is 36.0 Å². The zero-order valence-electron chi connectivity index (χ0n) is 11.7. The van der Waals surface area contributed by atoms with Gasteiger partial charge in [0.2, 0.25) is 0 Å². The maximum atomic E-state index is 12.6. The molecule has 2 heterocycles. The first-order chi connectivity index (χ1) is 9.59. The molecule has 0 saturated heterocycles. The molecule has 0 fully saturated rings. The van der Waals surface area contributed by atoms with E-state index in [1.807, 2.05) is 19.9 Å². The molecule has 0 bridgehead atoms. The van der Waals surface area contributed by atoms with Crippen molar-refractivity contribution in [3.05, 3.63) is 17.7 Å². The highest BCUT2D eigenvalue weighted by Gasteiger charge is 2.44. The quantitative estimate of drug-likeness (QED) is 0.919. The Bertz CT molecular complexity index is 626. The van der Waals surface area contributed by atoms with Gasteiger partial charge in [-0.3, -0.25) is 0 Å². The van der Waals surface area contributed by atoms with E-state index in [2.05, 4.69) is 5.32 Å². The molecule has 0 aromatic heterocycles. The molecule has 0 amide bonds. The summed E-state index contributed by atoms with van der Waals surface area (Å²) < 4.78 is 36.4. The number of sulfone groups is 1. The number of nitrogens with one attached hydrogen (secondary N) is 1. The van der Waals surface area contributed by atoms with Crippen molar-refractivity contribution >= 4 is 9.84 Å². The molecule has 3 rings (SSSR count). The molecule has 2 aliphatic heterocycles. The van der Waals surface area contributed by atoms with Crippen LogP contribution in [0.4, 0.5) is 0 Å². The average molecular weight is 297 g/mol. The zero-order valence-corrected chi connectivity index (χ0v) is 12.5. The van der Waals surface area contributed by atoms with Gasteiger partial charge in [-0.2, -0.15) is 0 Å². The fourth-order valence-electron chi connectivity index (χ4n) is 3.03. The minimum atomic E-state index is -3.30. The number of hydrogen-bond donors (Lipinski definition) is 1. The molecule has 1 aromatic rings. The summed E-state index contributed by atoms with van der Waals surface area (Å²) in [4.78, 5) is 0.388. The van der Waals surface area contributed by atoms with Gasteiger partial charge < -0.3 is 14.8 Å². The van der Waals surface area contributed by atoms with Crippen LogP contribution in [0.25, 0.3) is 0 Å². The summed E-state index contributed by atoms with van der Waals surface area (Å²) in [7, 11) is -3.30. The second kappa shape index (κ2) is 4.93. The van der Waals surface area contributed by atoms with E-state index in [9.17, 15) is 8.42 Å². The van der Waals surface area contributed by atoms with Gasteiger partial charge in [0.25, 0.3) is 0 Å². The number of hydrogen-bond acceptors (Lipinski definition) is 5. The summed E-state index contributed by atoms with van der Waals surface area (Å²) in [5, 5.41) is 2.87. The Morgan fingerprint density at radius 2 is 1.85 bits per heavy atom. The minimum Gasteiger partial charge on any atom is -0.486 e. The van der Waals surface area contributed by atoms with Gasteiger partial charge in [0.1, 0.15) is 13.2 Å². The van der Waals surface area contributed by atoms with Crippen LogP contribution in [0.2, 0.25) is 0 Å². The lowest BCUT2D eigenvalue weighted by Gasteiger charge is -2.21. The van der Waals surface area contributed by atoms with Crippen LogP contribution in [0.3, 0.4) is 0 Å². The number of ether oxygens (including phenoxy) is 2. The van der Waals surface area contributed by atoms with E-state index in [4.69, 9.17) is 9.47 Å².